The molecule has 0 spiro atoms. The largest absolute Gasteiger partial charge is 0.497 e. The lowest BCUT2D eigenvalue weighted by Gasteiger charge is -2.29. The van der Waals surface area contributed by atoms with Gasteiger partial charge >= 0.3 is 0 Å². The molecule has 29 heavy (non-hydrogen) atoms. The van der Waals surface area contributed by atoms with Crippen molar-refractivity contribution >= 4 is 23.6 Å². The topological polar surface area (TPSA) is 108 Å². The lowest BCUT2D eigenvalue weighted by molar-refractivity contribution is -0.138. The summed E-state index contributed by atoms with van der Waals surface area (Å²) < 4.78 is 5.13. The molecule has 9 nitrogen and oxygen atoms in total. The molecule has 1 aromatic rings. The number of methoxy groups -OCH3 is 1. The Labute approximate surface area is 168 Å². The van der Waals surface area contributed by atoms with Crippen LogP contribution in [0.15, 0.2) is 24.3 Å². The molecule has 2 N–H and O–H groups in total. The van der Waals surface area contributed by atoms with Crippen LogP contribution in [0, 0.1) is 0 Å². The zero-order valence-electron chi connectivity index (χ0n) is 16.4. The summed E-state index contributed by atoms with van der Waals surface area (Å²) >= 11 is 0. The Bertz CT molecular complexity index is 855. The third-order valence-corrected chi connectivity index (χ3v) is 5.87. The van der Waals surface area contributed by atoms with Crippen molar-refractivity contribution < 1.29 is 23.9 Å². The molecule has 3 heterocycles. The summed E-state index contributed by atoms with van der Waals surface area (Å²) in [6, 6.07) is 4.70. The fourth-order valence-corrected chi connectivity index (χ4v) is 4.55. The molecule has 4 amide bonds. The molecule has 4 rings (SSSR count). The van der Waals surface area contributed by atoms with Crippen LogP contribution in [0.5, 0.6) is 5.75 Å². The number of rotatable bonds is 3. The summed E-state index contributed by atoms with van der Waals surface area (Å²) in [5, 5.41) is 5.73. The van der Waals surface area contributed by atoms with Gasteiger partial charge in [0.1, 0.15) is 17.8 Å². The SMILES string of the molecule is COc1ccc(C(=O)N2CCC3NC(=O)C4CC(NC(C)=O)CN4C(=O)C32)cc1. The molecule has 1 aromatic carbocycles. The van der Waals surface area contributed by atoms with E-state index in [1.807, 2.05) is 0 Å². The number of benzene rings is 1. The first-order valence-electron chi connectivity index (χ1n) is 9.72. The van der Waals surface area contributed by atoms with Crippen molar-refractivity contribution in [2.75, 3.05) is 20.2 Å². The van der Waals surface area contributed by atoms with Crippen molar-refractivity contribution in [1.29, 1.82) is 0 Å². The highest BCUT2D eigenvalue weighted by atomic mass is 16.5. The Kier molecular flexibility index (Phi) is 4.89. The van der Waals surface area contributed by atoms with Gasteiger partial charge in [-0.2, -0.15) is 0 Å². The van der Waals surface area contributed by atoms with Crippen molar-refractivity contribution in [3.05, 3.63) is 29.8 Å². The Hall–Kier alpha value is -3.10. The predicted octanol–water partition coefficient (Wildman–Crippen LogP) is -0.486. The number of nitrogens with one attached hydrogen (secondary N) is 2. The standard InChI is InChI=1S/C20H24N4O5/c1-11(25)21-13-9-16-18(26)22-15-7-8-23(17(15)20(28)24(16)10-13)19(27)12-3-5-14(29-2)6-4-12/h3-6,13,15-17H,7-10H2,1-2H3,(H,21,25)(H,22,26). The molecule has 0 radical (unpaired) electrons. The molecule has 3 fully saturated rings. The minimum absolute atomic E-state index is 0.199. The van der Waals surface area contributed by atoms with Gasteiger partial charge in [0.2, 0.25) is 17.7 Å². The van der Waals surface area contributed by atoms with E-state index in [2.05, 4.69) is 10.6 Å². The van der Waals surface area contributed by atoms with Gasteiger partial charge in [-0.05, 0) is 37.1 Å². The Morgan fingerprint density at radius 2 is 1.93 bits per heavy atom. The van der Waals surface area contributed by atoms with E-state index in [1.54, 1.807) is 36.3 Å². The van der Waals surface area contributed by atoms with Crippen LogP contribution in [0.4, 0.5) is 0 Å². The maximum Gasteiger partial charge on any atom is 0.254 e. The summed E-state index contributed by atoms with van der Waals surface area (Å²) in [4.78, 5) is 53.6. The fraction of sp³-hybridized carbons (Fsp3) is 0.500. The first kappa shape index (κ1) is 19.2. The normalized spacial score (nSPS) is 28.3. The first-order valence-corrected chi connectivity index (χ1v) is 9.72. The highest BCUT2D eigenvalue weighted by molar-refractivity contribution is 6.01. The quantitative estimate of drug-likeness (QED) is 0.712. The number of nitrogens with zero attached hydrogens (tertiary/aromatic N) is 2. The van der Waals surface area contributed by atoms with Crippen LogP contribution in [-0.4, -0.2) is 77.8 Å². The third kappa shape index (κ3) is 3.41. The van der Waals surface area contributed by atoms with Crippen LogP contribution in [-0.2, 0) is 14.4 Å². The van der Waals surface area contributed by atoms with E-state index in [1.165, 1.54) is 11.8 Å². The molecule has 0 saturated carbocycles. The number of hydrogen-bond donors (Lipinski definition) is 2. The third-order valence-electron chi connectivity index (χ3n) is 5.87. The van der Waals surface area contributed by atoms with Crippen LogP contribution in [0.3, 0.4) is 0 Å². The Morgan fingerprint density at radius 3 is 2.59 bits per heavy atom. The Morgan fingerprint density at radius 1 is 1.21 bits per heavy atom. The van der Waals surface area contributed by atoms with Gasteiger partial charge in [0, 0.05) is 31.6 Å². The molecular formula is C20H24N4O5. The minimum Gasteiger partial charge on any atom is -0.497 e. The van der Waals surface area contributed by atoms with Crippen LogP contribution in [0.25, 0.3) is 0 Å². The molecular weight excluding hydrogens is 376 g/mol. The van der Waals surface area contributed by atoms with Crippen LogP contribution >= 0.6 is 0 Å². The van der Waals surface area contributed by atoms with E-state index in [9.17, 15) is 19.2 Å². The van der Waals surface area contributed by atoms with Crippen molar-refractivity contribution in [2.45, 2.75) is 43.9 Å². The predicted molar refractivity (Wildman–Crippen MR) is 102 cm³/mol. The lowest BCUT2D eigenvalue weighted by atomic mass is 10.1. The molecule has 0 aromatic heterocycles. The number of likely N-dealkylation sites (tertiary alicyclic amines) is 1. The van der Waals surface area contributed by atoms with Crippen molar-refractivity contribution in [1.82, 2.24) is 20.4 Å². The highest BCUT2D eigenvalue weighted by Gasteiger charge is 2.52. The fourth-order valence-electron chi connectivity index (χ4n) is 4.55. The van der Waals surface area contributed by atoms with Gasteiger partial charge in [0.15, 0.2) is 0 Å². The highest BCUT2D eigenvalue weighted by Crippen LogP contribution is 2.30. The van der Waals surface area contributed by atoms with E-state index < -0.39 is 18.1 Å². The zero-order valence-corrected chi connectivity index (χ0v) is 16.4. The maximum absolute atomic E-state index is 13.3. The van der Waals surface area contributed by atoms with E-state index in [0.717, 1.165) is 0 Å². The molecule has 0 aliphatic carbocycles. The molecule has 3 saturated heterocycles. The van der Waals surface area contributed by atoms with E-state index in [4.69, 9.17) is 4.74 Å². The number of carbonyl (C=O) groups excluding carboxylic acids is 4. The van der Waals surface area contributed by atoms with E-state index >= 15 is 0 Å². The average Bonchev–Trinajstić information content (AvgIpc) is 3.29. The van der Waals surface area contributed by atoms with Gasteiger partial charge in [-0.1, -0.05) is 0 Å². The molecule has 3 aliphatic heterocycles. The van der Waals surface area contributed by atoms with Gasteiger partial charge in [-0.25, -0.2) is 0 Å². The Balaban J connectivity index is 1.57. The molecule has 0 bridgehead atoms. The van der Waals surface area contributed by atoms with Gasteiger partial charge in [-0.3, -0.25) is 19.2 Å². The smallest absolute Gasteiger partial charge is 0.254 e. The summed E-state index contributed by atoms with van der Waals surface area (Å²) in [5.41, 5.74) is 0.462. The van der Waals surface area contributed by atoms with Crippen LogP contribution in [0.1, 0.15) is 30.1 Å². The number of carbonyl (C=O) groups is 4. The first-order chi connectivity index (χ1) is 13.9. The number of hydrogen-bond acceptors (Lipinski definition) is 5. The molecule has 154 valence electrons. The second-order valence-electron chi connectivity index (χ2n) is 7.72. The lowest BCUT2D eigenvalue weighted by Crippen LogP contribution is -2.52. The number of amides is 4. The van der Waals surface area contributed by atoms with Crippen molar-refractivity contribution in [3.8, 4) is 5.75 Å². The second kappa shape index (κ2) is 7.38. The van der Waals surface area contributed by atoms with Crippen LogP contribution < -0.4 is 15.4 Å². The summed E-state index contributed by atoms with van der Waals surface area (Å²) in [7, 11) is 1.55. The minimum atomic E-state index is -0.741. The van der Waals surface area contributed by atoms with Gasteiger partial charge < -0.3 is 25.2 Å². The monoisotopic (exact) mass is 400 g/mol. The number of fused-ring (bicyclic) bond motifs is 2. The molecule has 4 unspecified atom stereocenters. The average molecular weight is 400 g/mol. The van der Waals surface area contributed by atoms with Gasteiger partial charge in [0.05, 0.1) is 13.2 Å². The number of ether oxygens (including phenoxy) is 1. The summed E-state index contributed by atoms with van der Waals surface area (Å²) in [5.74, 6) is -0.278. The van der Waals surface area contributed by atoms with E-state index in [-0.39, 0.29) is 36.2 Å². The second-order valence-corrected chi connectivity index (χ2v) is 7.72. The van der Waals surface area contributed by atoms with E-state index in [0.29, 0.717) is 30.7 Å². The van der Waals surface area contributed by atoms with Crippen molar-refractivity contribution in [3.63, 3.8) is 0 Å². The zero-order chi connectivity index (χ0) is 20.7. The summed E-state index contributed by atoms with van der Waals surface area (Å²) in [6.07, 6.45) is 0.906. The molecule has 4 atom stereocenters. The maximum atomic E-state index is 13.3. The molecule has 3 aliphatic rings. The van der Waals surface area contributed by atoms with Crippen molar-refractivity contribution in [2.24, 2.45) is 0 Å². The summed E-state index contributed by atoms with van der Waals surface area (Å²) in [6.45, 7) is 2.07. The van der Waals surface area contributed by atoms with Crippen LogP contribution in [0.2, 0.25) is 0 Å². The van der Waals surface area contributed by atoms with Gasteiger partial charge in [0.25, 0.3) is 5.91 Å². The van der Waals surface area contributed by atoms with Gasteiger partial charge in [-0.15, -0.1) is 0 Å². The molecule has 9 heteroatoms.